The molecule has 1 unspecified atom stereocenters. The van der Waals surface area contributed by atoms with Crippen molar-refractivity contribution in [3.63, 3.8) is 0 Å². The lowest BCUT2D eigenvalue weighted by Gasteiger charge is -2.29. The van der Waals surface area contributed by atoms with Gasteiger partial charge in [0.1, 0.15) is 12.4 Å². The highest BCUT2D eigenvalue weighted by atomic mass is 32.1. The van der Waals surface area contributed by atoms with E-state index in [1.54, 1.807) is 17.2 Å². The average Bonchev–Trinajstić information content (AvgIpc) is 3.46. The third-order valence-corrected chi connectivity index (χ3v) is 6.09. The molecular weight excluding hydrogens is 400 g/mol. The zero-order valence-corrected chi connectivity index (χ0v) is 17.2. The van der Waals surface area contributed by atoms with Crippen molar-refractivity contribution in [2.75, 3.05) is 11.5 Å². The Morgan fingerprint density at radius 3 is 2.80 bits per heavy atom. The van der Waals surface area contributed by atoms with Gasteiger partial charge in [-0.2, -0.15) is 0 Å². The van der Waals surface area contributed by atoms with Crippen LogP contribution in [0.3, 0.4) is 0 Å². The Balaban J connectivity index is 1.50. The molecule has 0 aliphatic carbocycles. The first-order valence-corrected chi connectivity index (χ1v) is 10.6. The van der Waals surface area contributed by atoms with E-state index in [-0.39, 0.29) is 19.1 Å². The minimum atomic E-state index is -0.757. The molecule has 0 N–H and O–H groups in total. The first-order valence-electron chi connectivity index (χ1n) is 9.83. The molecule has 0 bridgehead atoms. The third-order valence-electron chi connectivity index (χ3n) is 5.05. The molecule has 4 aromatic rings. The number of rotatable bonds is 5. The molecule has 3 heterocycles. The van der Waals surface area contributed by atoms with Crippen LogP contribution in [-0.2, 0) is 17.8 Å². The average molecular weight is 420 g/mol. The number of aromatic nitrogens is 1. The highest BCUT2D eigenvalue weighted by Crippen LogP contribution is 2.35. The maximum absolute atomic E-state index is 13.5. The van der Waals surface area contributed by atoms with Crippen LogP contribution in [0.25, 0.3) is 10.2 Å². The lowest BCUT2D eigenvalue weighted by molar-refractivity contribution is -0.127. The summed E-state index contributed by atoms with van der Waals surface area (Å²) in [5.74, 6) is 1.68. The molecular formula is C23H20N2O4S. The quantitative estimate of drug-likeness (QED) is 0.463. The normalized spacial score (nSPS) is 15.3. The maximum Gasteiger partial charge on any atom is 0.273 e. The van der Waals surface area contributed by atoms with Gasteiger partial charge in [-0.15, -0.1) is 0 Å². The number of fused-ring (bicyclic) bond motifs is 2. The minimum absolute atomic E-state index is 0.148. The zero-order chi connectivity index (χ0) is 20.5. The molecule has 2 aromatic carbocycles. The first kappa shape index (κ1) is 18.7. The Bertz CT molecular complexity index is 1190. The molecule has 30 heavy (non-hydrogen) atoms. The predicted octanol–water partition coefficient (Wildman–Crippen LogP) is 4.82. The molecule has 152 valence electrons. The predicted molar refractivity (Wildman–Crippen MR) is 115 cm³/mol. The number of nitrogens with zero attached hydrogens (tertiary/aromatic N) is 2. The van der Waals surface area contributed by atoms with Gasteiger partial charge in [0.05, 0.1) is 23.0 Å². The molecule has 2 aromatic heterocycles. The van der Waals surface area contributed by atoms with Gasteiger partial charge in [0.25, 0.3) is 5.91 Å². The molecule has 7 heteroatoms. The number of aryl methyl sites for hydroxylation is 1. The standard InChI is InChI=1S/C23H20N2O4S/c1-2-15-7-5-11-20-21(15)24-23(30-20)25(13-16-8-6-12-27-16)22(26)19-14-28-17-9-3-4-10-18(17)29-19/h3-12,19H,2,13-14H2,1H3. The monoisotopic (exact) mass is 420 g/mol. The second-order valence-corrected chi connectivity index (χ2v) is 7.99. The number of carbonyl (C=O) groups is 1. The van der Waals surface area contributed by atoms with E-state index in [9.17, 15) is 4.79 Å². The number of carbonyl (C=O) groups excluding carboxylic acids is 1. The van der Waals surface area contributed by atoms with Gasteiger partial charge in [-0.25, -0.2) is 4.98 Å². The summed E-state index contributed by atoms with van der Waals surface area (Å²) >= 11 is 1.49. The van der Waals surface area contributed by atoms with Gasteiger partial charge in [-0.05, 0) is 42.3 Å². The molecule has 6 nitrogen and oxygen atoms in total. The second kappa shape index (κ2) is 7.84. The summed E-state index contributed by atoms with van der Waals surface area (Å²) in [5.41, 5.74) is 2.09. The van der Waals surface area contributed by atoms with Gasteiger partial charge >= 0.3 is 0 Å². The molecule has 1 amide bonds. The molecule has 1 aliphatic heterocycles. The number of para-hydroxylation sites is 3. The Hall–Kier alpha value is -3.32. The van der Waals surface area contributed by atoms with Crippen LogP contribution >= 0.6 is 11.3 Å². The Labute approximate surface area is 177 Å². The van der Waals surface area contributed by atoms with E-state index < -0.39 is 6.10 Å². The van der Waals surface area contributed by atoms with Crippen molar-refractivity contribution in [1.29, 1.82) is 0 Å². The van der Waals surface area contributed by atoms with Crippen LogP contribution in [0, 0.1) is 0 Å². The summed E-state index contributed by atoms with van der Waals surface area (Å²) in [6.45, 7) is 2.52. The fraction of sp³-hybridized carbons (Fsp3) is 0.217. The maximum atomic E-state index is 13.5. The largest absolute Gasteiger partial charge is 0.485 e. The lowest BCUT2D eigenvalue weighted by Crippen LogP contribution is -2.46. The number of hydrogen-bond donors (Lipinski definition) is 0. The molecule has 0 radical (unpaired) electrons. The Morgan fingerprint density at radius 1 is 1.13 bits per heavy atom. The van der Waals surface area contributed by atoms with Crippen molar-refractivity contribution in [2.24, 2.45) is 0 Å². The fourth-order valence-corrected chi connectivity index (χ4v) is 4.53. The van der Waals surface area contributed by atoms with E-state index in [0.29, 0.717) is 22.4 Å². The third kappa shape index (κ3) is 3.41. The van der Waals surface area contributed by atoms with Crippen molar-refractivity contribution < 1.29 is 18.7 Å². The van der Waals surface area contributed by atoms with Crippen LogP contribution in [-0.4, -0.2) is 23.6 Å². The SMILES string of the molecule is CCc1cccc2sc(N(Cc3ccco3)C(=O)C3COc4ccccc4O3)nc12. The zero-order valence-electron chi connectivity index (χ0n) is 16.4. The Morgan fingerprint density at radius 2 is 2.00 bits per heavy atom. The number of hydrogen-bond acceptors (Lipinski definition) is 6. The number of anilines is 1. The van der Waals surface area contributed by atoms with Gasteiger partial charge in [0, 0.05) is 0 Å². The van der Waals surface area contributed by atoms with Crippen LogP contribution in [0.1, 0.15) is 18.2 Å². The highest BCUT2D eigenvalue weighted by Gasteiger charge is 2.33. The van der Waals surface area contributed by atoms with Gasteiger partial charge in [-0.1, -0.05) is 42.5 Å². The smallest absolute Gasteiger partial charge is 0.273 e. The van der Waals surface area contributed by atoms with Crippen LogP contribution in [0.4, 0.5) is 5.13 Å². The van der Waals surface area contributed by atoms with Crippen LogP contribution in [0.5, 0.6) is 11.5 Å². The van der Waals surface area contributed by atoms with Gasteiger partial charge < -0.3 is 13.9 Å². The highest BCUT2D eigenvalue weighted by molar-refractivity contribution is 7.22. The lowest BCUT2D eigenvalue weighted by atomic mass is 10.1. The molecule has 0 saturated heterocycles. The number of furan rings is 1. The van der Waals surface area contributed by atoms with E-state index in [2.05, 4.69) is 13.0 Å². The van der Waals surface area contributed by atoms with Gasteiger partial charge in [-0.3, -0.25) is 9.69 Å². The molecule has 1 aliphatic rings. The number of benzene rings is 2. The van der Waals surface area contributed by atoms with E-state index in [1.165, 1.54) is 11.3 Å². The van der Waals surface area contributed by atoms with Crippen LogP contribution in [0.15, 0.2) is 65.3 Å². The molecule has 0 saturated carbocycles. The van der Waals surface area contributed by atoms with Gasteiger partial charge in [0.2, 0.25) is 6.10 Å². The van der Waals surface area contributed by atoms with Crippen molar-refractivity contribution in [3.05, 3.63) is 72.2 Å². The minimum Gasteiger partial charge on any atom is -0.485 e. The molecule has 0 fully saturated rings. The van der Waals surface area contributed by atoms with Crippen LogP contribution in [0.2, 0.25) is 0 Å². The van der Waals surface area contributed by atoms with E-state index in [0.717, 1.165) is 22.2 Å². The topological polar surface area (TPSA) is 64.8 Å². The van der Waals surface area contributed by atoms with Crippen molar-refractivity contribution >= 4 is 32.6 Å². The Kier molecular flexibility index (Phi) is 4.88. The summed E-state index contributed by atoms with van der Waals surface area (Å²) in [6, 6.07) is 17.1. The molecule has 1 atom stereocenters. The van der Waals surface area contributed by atoms with E-state index in [4.69, 9.17) is 18.9 Å². The molecule has 0 spiro atoms. The van der Waals surface area contributed by atoms with Crippen molar-refractivity contribution in [3.8, 4) is 11.5 Å². The summed E-state index contributed by atoms with van der Waals surface area (Å²) in [5, 5.41) is 0.620. The second-order valence-electron chi connectivity index (χ2n) is 6.98. The summed E-state index contributed by atoms with van der Waals surface area (Å²) < 4.78 is 18.3. The van der Waals surface area contributed by atoms with E-state index >= 15 is 0 Å². The van der Waals surface area contributed by atoms with E-state index in [1.807, 2.05) is 42.5 Å². The first-order chi connectivity index (χ1) is 14.7. The van der Waals surface area contributed by atoms with Gasteiger partial charge in [0.15, 0.2) is 16.6 Å². The van der Waals surface area contributed by atoms with Crippen molar-refractivity contribution in [1.82, 2.24) is 4.98 Å². The fourth-order valence-electron chi connectivity index (χ4n) is 3.51. The summed E-state index contributed by atoms with van der Waals surface area (Å²) in [7, 11) is 0. The summed E-state index contributed by atoms with van der Waals surface area (Å²) in [4.78, 5) is 20.0. The number of thiazole rings is 1. The van der Waals surface area contributed by atoms with Crippen molar-refractivity contribution in [2.45, 2.75) is 26.0 Å². The number of ether oxygens (including phenoxy) is 2. The summed E-state index contributed by atoms with van der Waals surface area (Å²) in [6.07, 6.45) is 1.72. The van der Waals surface area contributed by atoms with Crippen LogP contribution < -0.4 is 14.4 Å². The number of amides is 1. The molecule has 5 rings (SSSR count).